The second-order valence-corrected chi connectivity index (χ2v) is 3.34. The van der Waals surface area contributed by atoms with Crippen molar-refractivity contribution >= 4 is 5.91 Å². The van der Waals surface area contributed by atoms with E-state index in [0.717, 1.165) is 0 Å². The Balaban J connectivity index is 2.81. The summed E-state index contributed by atoms with van der Waals surface area (Å²) in [6.07, 6.45) is 1.49. The molecule has 1 amide bonds. The zero-order valence-electron chi connectivity index (χ0n) is 8.65. The number of carbonyl (C=O) groups is 1. The van der Waals surface area contributed by atoms with Crippen molar-refractivity contribution in [3.8, 4) is 0 Å². The van der Waals surface area contributed by atoms with E-state index in [-0.39, 0.29) is 18.6 Å². The number of aliphatic hydroxyl groups excluding tert-OH is 1. The maximum Gasteiger partial charge on any atom is 0.257 e. The molecule has 0 bridgehead atoms. The molecule has 0 aliphatic heterocycles. The molecule has 78 valence electrons. The zero-order valence-corrected chi connectivity index (χ0v) is 8.65. The molecule has 0 saturated heterocycles. The Labute approximate surface area is 83.1 Å². The van der Waals surface area contributed by atoms with Crippen LogP contribution in [0.2, 0.25) is 0 Å². The van der Waals surface area contributed by atoms with Crippen LogP contribution in [0.15, 0.2) is 16.7 Å². The van der Waals surface area contributed by atoms with Gasteiger partial charge < -0.3 is 14.4 Å². The van der Waals surface area contributed by atoms with Gasteiger partial charge in [0.1, 0.15) is 5.76 Å². The summed E-state index contributed by atoms with van der Waals surface area (Å²) < 4.78 is 5.04. The molecule has 0 fully saturated rings. The van der Waals surface area contributed by atoms with Crippen LogP contribution in [0.4, 0.5) is 0 Å². The van der Waals surface area contributed by atoms with E-state index < -0.39 is 0 Å². The van der Waals surface area contributed by atoms with E-state index in [1.807, 2.05) is 0 Å². The first kappa shape index (κ1) is 10.8. The van der Waals surface area contributed by atoms with Crippen LogP contribution < -0.4 is 0 Å². The summed E-state index contributed by atoms with van der Waals surface area (Å²) in [6, 6.07) is 1.45. The first-order valence-electron chi connectivity index (χ1n) is 4.50. The fourth-order valence-corrected chi connectivity index (χ4v) is 1.12. The molecule has 1 aromatic heterocycles. The van der Waals surface area contributed by atoms with Crippen LogP contribution in [0, 0.1) is 6.92 Å². The Bertz CT molecular complexity index is 319. The molecule has 1 aromatic rings. The van der Waals surface area contributed by atoms with Crippen molar-refractivity contribution in [2.45, 2.75) is 19.9 Å². The van der Waals surface area contributed by atoms with Crippen LogP contribution in [0.1, 0.15) is 23.0 Å². The third kappa shape index (κ3) is 1.96. The molecule has 0 radical (unpaired) electrons. The van der Waals surface area contributed by atoms with Crippen molar-refractivity contribution in [3.63, 3.8) is 0 Å². The first-order valence-corrected chi connectivity index (χ1v) is 4.50. The fraction of sp³-hybridized carbons (Fsp3) is 0.500. The highest BCUT2D eigenvalue weighted by atomic mass is 16.3. The molecular formula is C10H15NO3. The zero-order chi connectivity index (χ0) is 10.7. The van der Waals surface area contributed by atoms with Gasteiger partial charge in [0.25, 0.3) is 5.91 Å². The monoisotopic (exact) mass is 197 g/mol. The maximum absolute atomic E-state index is 11.8. The van der Waals surface area contributed by atoms with Gasteiger partial charge in [-0.3, -0.25) is 4.79 Å². The average Bonchev–Trinajstić information content (AvgIpc) is 2.61. The lowest BCUT2D eigenvalue weighted by Gasteiger charge is -2.22. The van der Waals surface area contributed by atoms with Crippen LogP contribution in [0.5, 0.6) is 0 Å². The van der Waals surface area contributed by atoms with Crippen molar-refractivity contribution in [2.24, 2.45) is 0 Å². The van der Waals surface area contributed by atoms with Crippen molar-refractivity contribution in [1.82, 2.24) is 4.90 Å². The summed E-state index contributed by atoms with van der Waals surface area (Å²) in [6.45, 7) is 3.48. The van der Waals surface area contributed by atoms with E-state index in [9.17, 15) is 4.79 Å². The van der Waals surface area contributed by atoms with Gasteiger partial charge in [-0.25, -0.2) is 0 Å². The Hall–Kier alpha value is -1.29. The number of nitrogens with zero attached hydrogens (tertiary/aromatic N) is 1. The SMILES string of the molecule is Cc1occc1C(=O)N(C)C(C)CO. The van der Waals surface area contributed by atoms with Gasteiger partial charge in [-0.1, -0.05) is 0 Å². The Morgan fingerprint density at radius 1 is 1.71 bits per heavy atom. The van der Waals surface area contributed by atoms with Gasteiger partial charge in [0.05, 0.1) is 24.5 Å². The van der Waals surface area contributed by atoms with E-state index in [2.05, 4.69) is 0 Å². The Morgan fingerprint density at radius 3 is 2.79 bits per heavy atom. The molecule has 1 unspecified atom stereocenters. The Morgan fingerprint density at radius 2 is 2.36 bits per heavy atom. The minimum absolute atomic E-state index is 0.0425. The highest BCUT2D eigenvalue weighted by molar-refractivity contribution is 5.95. The number of amides is 1. The van der Waals surface area contributed by atoms with Crippen molar-refractivity contribution < 1.29 is 14.3 Å². The molecule has 0 spiro atoms. The van der Waals surface area contributed by atoms with E-state index in [4.69, 9.17) is 9.52 Å². The van der Waals surface area contributed by atoms with Crippen molar-refractivity contribution in [2.75, 3.05) is 13.7 Å². The second-order valence-electron chi connectivity index (χ2n) is 3.34. The molecule has 0 aliphatic carbocycles. The minimum atomic E-state index is -0.184. The predicted octanol–water partition coefficient (Wildman–Crippen LogP) is 1.04. The highest BCUT2D eigenvalue weighted by Crippen LogP contribution is 2.12. The molecule has 1 atom stereocenters. The van der Waals surface area contributed by atoms with E-state index >= 15 is 0 Å². The van der Waals surface area contributed by atoms with Gasteiger partial charge in [-0.15, -0.1) is 0 Å². The molecule has 4 nitrogen and oxygen atoms in total. The predicted molar refractivity (Wildman–Crippen MR) is 52.1 cm³/mol. The standard InChI is InChI=1S/C10H15NO3/c1-7(6-12)11(3)10(13)9-4-5-14-8(9)2/h4-5,7,12H,6H2,1-3H3. The third-order valence-electron chi connectivity index (χ3n) is 2.33. The summed E-state index contributed by atoms with van der Waals surface area (Å²) in [7, 11) is 1.66. The molecule has 0 aromatic carbocycles. The number of furan rings is 1. The summed E-state index contributed by atoms with van der Waals surface area (Å²) >= 11 is 0. The molecule has 14 heavy (non-hydrogen) atoms. The smallest absolute Gasteiger partial charge is 0.257 e. The summed E-state index contributed by atoms with van der Waals surface area (Å²) in [5, 5.41) is 8.90. The normalized spacial score (nSPS) is 12.6. The van der Waals surface area contributed by atoms with Crippen LogP contribution in [0.3, 0.4) is 0 Å². The highest BCUT2D eigenvalue weighted by Gasteiger charge is 2.19. The number of aliphatic hydroxyl groups is 1. The fourth-order valence-electron chi connectivity index (χ4n) is 1.12. The molecule has 1 heterocycles. The minimum Gasteiger partial charge on any atom is -0.469 e. The topological polar surface area (TPSA) is 53.7 Å². The second kappa shape index (κ2) is 4.28. The third-order valence-corrected chi connectivity index (χ3v) is 2.33. The number of carbonyl (C=O) groups excluding carboxylic acids is 1. The van der Waals surface area contributed by atoms with Crippen LogP contribution in [-0.4, -0.2) is 35.6 Å². The van der Waals surface area contributed by atoms with Gasteiger partial charge in [0, 0.05) is 7.05 Å². The summed E-state index contributed by atoms with van der Waals surface area (Å²) in [5.74, 6) is 0.477. The number of hydrogen-bond acceptors (Lipinski definition) is 3. The summed E-state index contributed by atoms with van der Waals surface area (Å²) in [5.41, 5.74) is 0.549. The average molecular weight is 197 g/mol. The van der Waals surface area contributed by atoms with Crippen LogP contribution in [0.25, 0.3) is 0 Å². The molecular weight excluding hydrogens is 182 g/mol. The van der Waals surface area contributed by atoms with Crippen molar-refractivity contribution in [3.05, 3.63) is 23.7 Å². The Kier molecular flexibility index (Phi) is 3.30. The number of aryl methyl sites for hydroxylation is 1. The lowest BCUT2D eigenvalue weighted by Crippen LogP contribution is -2.37. The lowest BCUT2D eigenvalue weighted by atomic mass is 10.2. The van der Waals surface area contributed by atoms with E-state index in [0.29, 0.717) is 11.3 Å². The van der Waals surface area contributed by atoms with Gasteiger partial charge in [0.15, 0.2) is 0 Å². The van der Waals surface area contributed by atoms with Gasteiger partial charge in [-0.2, -0.15) is 0 Å². The quantitative estimate of drug-likeness (QED) is 0.787. The number of likely N-dealkylation sites (N-methyl/N-ethyl adjacent to an activating group) is 1. The van der Waals surface area contributed by atoms with Gasteiger partial charge in [-0.05, 0) is 19.9 Å². The molecule has 1 N–H and O–H groups in total. The number of hydrogen-bond donors (Lipinski definition) is 1. The maximum atomic E-state index is 11.8. The molecule has 0 saturated carbocycles. The van der Waals surface area contributed by atoms with Crippen molar-refractivity contribution in [1.29, 1.82) is 0 Å². The van der Waals surface area contributed by atoms with E-state index in [1.165, 1.54) is 11.2 Å². The molecule has 0 aliphatic rings. The van der Waals surface area contributed by atoms with E-state index in [1.54, 1.807) is 27.0 Å². The lowest BCUT2D eigenvalue weighted by molar-refractivity contribution is 0.0680. The first-order chi connectivity index (χ1) is 6.57. The van der Waals surface area contributed by atoms with Gasteiger partial charge in [0.2, 0.25) is 0 Å². The molecule has 1 rings (SSSR count). The summed E-state index contributed by atoms with van der Waals surface area (Å²) in [4.78, 5) is 13.3. The van der Waals surface area contributed by atoms with Crippen LogP contribution >= 0.6 is 0 Å². The largest absolute Gasteiger partial charge is 0.469 e. The molecule has 4 heteroatoms. The van der Waals surface area contributed by atoms with Crippen LogP contribution in [-0.2, 0) is 0 Å². The van der Waals surface area contributed by atoms with Gasteiger partial charge >= 0.3 is 0 Å². The number of rotatable bonds is 3.